The molecular formula is C19H20O. The van der Waals surface area contributed by atoms with E-state index in [1.807, 2.05) is 6.07 Å². The third-order valence-electron chi connectivity index (χ3n) is 3.81. The van der Waals surface area contributed by atoms with E-state index in [0.29, 0.717) is 6.42 Å². The molecule has 20 heavy (non-hydrogen) atoms. The lowest BCUT2D eigenvalue weighted by molar-refractivity contribution is 0.0940. The summed E-state index contributed by atoms with van der Waals surface area (Å²) >= 11 is 0. The van der Waals surface area contributed by atoms with Crippen LogP contribution < -0.4 is 0 Å². The molecule has 0 unspecified atom stereocenters. The minimum absolute atomic E-state index is 0.0357. The maximum absolute atomic E-state index is 12.4. The lowest BCUT2D eigenvalue weighted by Crippen LogP contribution is -2.13. The number of benzene rings is 2. The summed E-state index contributed by atoms with van der Waals surface area (Å²) in [4.78, 5) is 12.4. The quantitative estimate of drug-likeness (QED) is 0.603. The molecule has 0 atom stereocenters. The fraction of sp³-hybridized carbons (Fsp3) is 0.316. The zero-order valence-electron chi connectivity index (χ0n) is 12.4. The largest absolute Gasteiger partial charge is 0.294 e. The number of Topliss-reactive ketones (excluding diaryl/α,β-unsaturated/α-hetero) is 1. The second-order valence-corrected chi connectivity index (χ2v) is 6.87. The Morgan fingerprint density at radius 3 is 2.45 bits per heavy atom. The molecule has 3 rings (SSSR count). The van der Waals surface area contributed by atoms with E-state index in [2.05, 4.69) is 57.2 Å². The molecule has 0 spiro atoms. The number of carbonyl (C=O) groups is 1. The average molecular weight is 264 g/mol. The van der Waals surface area contributed by atoms with Crippen LogP contribution in [0.2, 0.25) is 0 Å². The molecule has 102 valence electrons. The monoisotopic (exact) mass is 264 g/mol. The molecular weight excluding hydrogens is 244 g/mol. The number of rotatable bonds is 2. The van der Waals surface area contributed by atoms with Crippen molar-refractivity contribution in [1.29, 1.82) is 0 Å². The van der Waals surface area contributed by atoms with Crippen LogP contribution in [0, 0.1) is 5.41 Å². The average Bonchev–Trinajstić information content (AvgIpc) is 2.74. The van der Waals surface area contributed by atoms with Gasteiger partial charge in [0.15, 0.2) is 5.78 Å². The highest BCUT2D eigenvalue weighted by atomic mass is 16.1. The van der Waals surface area contributed by atoms with Crippen molar-refractivity contribution in [3.63, 3.8) is 0 Å². The van der Waals surface area contributed by atoms with Gasteiger partial charge in [0, 0.05) is 12.0 Å². The molecule has 0 bridgehead atoms. The normalized spacial score (nSPS) is 12.9. The first kappa shape index (κ1) is 13.1. The number of carbonyl (C=O) groups excluding carboxylic acids is 1. The Bertz CT molecular complexity index is 674. The first-order chi connectivity index (χ1) is 9.44. The van der Waals surface area contributed by atoms with Crippen LogP contribution in [0.15, 0.2) is 42.5 Å². The van der Waals surface area contributed by atoms with Crippen molar-refractivity contribution < 1.29 is 4.79 Å². The molecule has 1 aliphatic rings. The molecule has 0 saturated heterocycles. The SMILES string of the molecule is CC(C)(C)CC(=O)c1ccc2c(c1)-c1ccccc1C2. The maximum atomic E-state index is 12.4. The van der Waals surface area contributed by atoms with Crippen LogP contribution >= 0.6 is 0 Å². The van der Waals surface area contributed by atoms with Crippen LogP contribution in [0.4, 0.5) is 0 Å². The summed E-state index contributed by atoms with van der Waals surface area (Å²) in [5.74, 6) is 0.240. The molecule has 1 heteroatoms. The highest BCUT2D eigenvalue weighted by Gasteiger charge is 2.21. The minimum atomic E-state index is 0.0357. The van der Waals surface area contributed by atoms with Gasteiger partial charge in [0.2, 0.25) is 0 Å². The van der Waals surface area contributed by atoms with Crippen LogP contribution in [-0.2, 0) is 6.42 Å². The van der Waals surface area contributed by atoms with Crippen LogP contribution in [0.1, 0.15) is 48.7 Å². The summed E-state index contributed by atoms with van der Waals surface area (Å²) in [6, 6.07) is 14.7. The van der Waals surface area contributed by atoms with E-state index in [1.165, 1.54) is 22.3 Å². The van der Waals surface area contributed by atoms with Gasteiger partial charge in [-0.25, -0.2) is 0 Å². The Balaban J connectivity index is 1.98. The molecule has 0 saturated carbocycles. The molecule has 1 aliphatic carbocycles. The predicted molar refractivity (Wildman–Crippen MR) is 83.1 cm³/mol. The van der Waals surface area contributed by atoms with Crippen molar-refractivity contribution >= 4 is 5.78 Å². The van der Waals surface area contributed by atoms with E-state index in [-0.39, 0.29) is 11.2 Å². The smallest absolute Gasteiger partial charge is 0.163 e. The number of hydrogen-bond donors (Lipinski definition) is 0. The molecule has 1 nitrogen and oxygen atoms in total. The van der Waals surface area contributed by atoms with Crippen LogP contribution in [-0.4, -0.2) is 5.78 Å². The van der Waals surface area contributed by atoms with Crippen molar-refractivity contribution in [2.45, 2.75) is 33.6 Å². The lowest BCUT2D eigenvalue weighted by atomic mass is 9.87. The molecule has 2 aromatic carbocycles. The van der Waals surface area contributed by atoms with Gasteiger partial charge >= 0.3 is 0 Å². The van der Waals surface area contributed by atoms with Gasteiger partial charge in [-0.15, -0.1) is 0 Å². The Kier molecular flexibility index (Phi) is 3.01. The molecule has 0 amide bonds. The molecule has 0 aliphatic heterocycles. The van der Waals surface area contributed by atoms with Gasteiger partial charge in [0.25, 0.3) is 0 Å². The fourth-order valence-electron chi connectivity index (χ4n) is 2.88. The van der Waals surface area contributed by atoms with Crippen molar-refractivity contribution in [2.24, 2.45) is 5.41 Å². The van der Waals surface area contributed by atoms with Gasteiger partial charge in [0.1, 0.15) is 0 Å². The Hall–Kier alpha value is -1.89. The van der Waals surface area contributed by atoms with E-state index in [4.69, 9.17) is 0 Å². The molecule has 0 fully saturated rings. The molecule has 2 aromatic rings. The van der Waals surface area contributed by atoms with Crippen LogP contribution in [0.3, 0.4) is 0 Å². The summed E-state index contributed by atoms with van der Waals surface area (Å²) in [5.41, 5.74) is 6.10. The van der Waals surface area contributed by atoms with E-state index < -0.39 is 0 Å². The highest BCUT2D eigenvalue weighted by Crippen LogP contribution is 2.37. The van der Waals surface area contributed by atoms with E-state index >= 15 is 0 Å². The zero-order chi connectivity index (χ0) is 14.3. The summed E-state index contributed by atoms with van der Waals surface area (Å²) in [5, 5.41) is 0. The maximum Gasteiger partial charge on any atom is 0.163 e. The van der Waals surface area contributed by atoms with E-state index in [1.54, 1.807) is 0 Å². The second-order valence-electron chi connectivity index (χ2n) is 6.87. The standard InChI is InChI=1S/C19H20O/c1-19(2,3)12-18(20)15-9-8-14-10-13-6-4-5-7-16(13)17(14)11-15/h4-9,11H,10,12H2,1-3H3. The van der Waals surface area contributed by atoms with Crippen molar-refractivity contribution in [2.75, 3.05) is 0 Å². The van der Waals surface area contributed by atoms with Gasteiger partial charge < -0.3 is 0 Å². The molecule has 0 N–H and O–H groups in total. The first-order valence-electron chi connectivity index (χ1n) is 7.18. The Morgan fingerprint density at radius 2 is 1.70 bits per heavy atom. The zero-order valence-corrected chi connectivity index (χ0v) is 12.4. The minimum Gasteiger partial charge on any atom is -0.294 e. The number of fused-ring (bicyclic) bond motifs is 3. The second kappa shape index (κ2) is 4.59. The van der Waals surface area contributed by atoms with Crippen LogP contribution in [0.25, 0.3) is 11.1 Å². The third kappa shape index (κ3) is 2.40. The molecule has 0 heterocycles. The van der Waals surface area contributed by atoms with Gasteiger partial charge in [-0.05, 0) is 40.2 Å². The number of ketones is 1. The fourth-order valence-corrected chi connectivity index (χ4v) is 2.88. The number of hydrogen-bond acceptors (Lipinski definition) is 1. The third-order valence-corrected chi connectivity index (χ3v) is 3.81. The van der Waals surface area contributed by atoms with Crippen molar-refractivity contribution in [1.82, 2.24) is 0 Å². The Morgan fingerprint density at radius 1 is 1.00 bits per heavy atom. The summed E-state index contributed by atoms with van der Waals surface area (Å²) in [6.45, 7) is 6.31. The highest BCUT2D eigenvalue weighted by molar-refractivity contribution is 5.98. The first-order valence-corrected chi connectivity index (χ1v) is 7.18. The van der Waals surface area contributed by atoms with Gasteiger partial charge in [0.05, 0.1) is 0 Å². The summed E-state index contributed by atoms with van der Waals surface area (Å²) in [6.07, 6.45) is 1.58. The molecule has 0 radical (unpaired) electrons. The molecule has 0 aromatic heterocycles. The van der Waals surface area contributed by atoms with Crippen LogP contribution in [0.5, 0.6) is 0 Å². The van der Waals surface area contributed by atoms with E-state index in [0.717, 1.165) is 12.0 Å². The van der Waals surface area contributed by atoms with Crippen molar-refractivity contribution in [3.05, 3.63) is 59.2 Å². The lowest BCUT2D eigenvalue weighted by Gasteiger charge is -2.17. The van der Waals surface area contributed by atoms with Gasteiger partial charge in [-0.3, -0.25) is 4.79 Å². The summed E-state index contributed by atoms with van der Waals surface area (Å²) < 4.78 is 0. The Labute approximate surface area is 120 Å². The van der Waals surface area contributed by atoms with Gasteiger partial charge in [-0.2, -0.15) is 0 Å². The topological polar surface area (TPSA) is 17.1 Å². The van der Waals surface area contributed by atoms with E-state index in [9.17, 15) is 4.79 Å². The van der Waals surface area contributed by atoms with Gasteiger partial charge in [-0.1, -0.05) is 57.2 Å². The van der Waals surface area contributed by atoms with Crippen molar-refractivity contribution in [3.8, 4) is 11.1 Å². The summed E-state index contributed by atoms with van der Waals surface area (Å²) in [7, 11) is 0. The predicted octanol–water partition coefficient (Wildman–Crippen LogP) is 4.88.